The normalized spacial score (nSPS) is 11.0. The molecule has 102 valence electrons. The Bertz CT molecular complexity index is 603. The highest BCUT2D eigenvalue weighted by Gasteiger charge is 2.05. The molecule has 4 nitrogen and oxygen atoms in total. The monoisotopic (exact) mass is 269 g/mol. The zero-order valence-electron chi connectivity index (χ0n) is 11.4. The predicted molar refractivity (Wildman–Crippen MR) is 76.3 cm³/mol. The van der Waals surface area contributed by atoms with E-state index in [0.29, 0.717) is 5.56 Å². The lowest BCUT2D eigenvalue weighted by atomic mass is 10.1. The lowest BCUT2D eigenvalue weighted by molar-refractivity contribution is 0.0664. The highest BCUT2D eigenvalue weighted by atomic mass is 16.5. The molecule has 0 bridgehead atoms. The van der Waals surface area contributed by atoms with Gasteiger partial charge in [0.1, 0.15) is 5.75 Å². The predicted octanol–water partition coefficient (Wildman–Crippen LogP) is 3.31. The van der Waals surface area contributed by atoms with Crippen molar-refractivity contribution in [2.75, 3.05) is 7.11 Å². The molecule has 0 radical (unpaired) electrons. The third-order valence-electron chi connectivity index (χ3n) is 2.80. The zero-order chi connectivity index (χ0) is 14.4. The summed E-state index contributed by atoms with van der Waals surface area (Å²) in [7, 11) is 1.62. The highest BCUT2D eigenvalue weighted by molar-refractivity contribution is 5.90. The molecule has 0 saturated heterocycles. The molecule has 0 amide bonds. The van der Waals surface area contributed by atoms with Crippen LogP contribution in [0.5, 0.6) is 5.75 Å². The van der Waals surface area contributed by atoms with Crippen molar-refractivity contribution in [3.8, 4) is 5.75 Å². The quantitative estimate of drug-likeness (QED) is 0.631. The number of hydrogen-bond donors (Lipinski definition) is 0. The molecule has 2 aromatic rings. The van der Waals surface area contributed by atoms with E-state index in [1.54, 1.807) is 31.6 Å². The molecule has 0 aliphatic carbocycles. The molecule has 1 heterocycles. The van der Waals surface area contributed by atoms with E-state index in [1.807, 2.05) is 31.2 Å². The van der Waals surface area contributed by atoms with E-state index in [2.05, 4.69) is 4.98 Å². The molecule has 0 unspecified atom stereocenters. The van der Waals surface area contributed by atoms with Gasteiger partial charge in [-0.1, -0.05) is 12.1 Å². The smallest absolute Gasteiger partial charge is 0.343 e. The minimum Gasteiger partial charge on any atom is -0.497 e. The number of hydrogen-bond acceptors (Lipinski definition) is 4. The molecule has 0 aliphatic heterocycles. The van der Waals surface area contributed by atoms with Gasteiger partial charge in [0.05, 0.1) is 18.9 Å². The summed E-state index contributed by atoms with van der Waals surface area (Å²) in [6.45, 7) is 1.88. The van der Waals surface area contributed by atoms with Gasteiger partial charge in [-0.3, -0.25) is 4.98 Å². The van der Waals surface area contributed by atoms with Crippen LogP contribution in [0.15, 0.2) is 55.1 Å². The van der Waals surface area contributed by atoms with Crippen LogP contribution in [0, 0.1) is 0 Å². The van der Waals surface area contributed by atoms with E-state index in [0.717, 1.165) is 16.9 Å². The fourth-order valence-corrected chi connectivity index (χ4v) is 1.62. The maximum absolute atomic E-state index is 11.8. The first kappa shape index (κ1) is 13.8. The molecule has 0 saturated carbocycles. The first-order chi connectivity index (χ1) is 9.70. The summed E-state index contributed by atoms with van der Waals surface area (Å²) in [4.78, 5) is 15.6. The van der Waals surface area contributed by atoms with Crippen molar-refractivity contribution in [3.05, 3.63) is 66.2 Å². The van der Waals surface area contributed by atoms with Crippen molar-refractivity contribution in [1.29, 1.82) is 0 Å². The van der Waals surface area contributed by atoms with E-state index in [4.69, 9.17) is 9.47 Å². The van der Waals surface area contributed by atoms with Gasteiger partial charge < -0.3 is 9.47 Å². The second-order valence-corrected chi connectivity index (χ2v) is 4.17. The number of carbonyl (C=O) groups is 1. The average molecular weight is 269 g/mol. The molecule has 1 aromatic heterocycles. The summed E-state index contributed by atoms with van der Waals surface area (Å²) < 4.78 is 10.2. The van der Waals surface area contributed by atoms with Gasteiger partial charge in [0.25, 0.3) is 0 Å². The summed E-state index contributed by atoms with van der Waals surface area (Å²) >= 11 is 0. The van der Waals surface area contributed by atoms with Gasteiger partial charge in [-0.25, -0.2) is 4.79 Å². The fraction of sp³-hybridized carbons (Fsp3) is 0.125. The van der Waals surface area contributed by atoms with Crippen molar-refractivity contribution >= 4 is 11.5 Å². The largest absolute Gasteiger partial charge is 0.497 e. The van der Waals surface area contributed by atoms with Gasteiger partial charge in [-0.05, 0) is 42.3 Å². The van der Waals surface area contributed by atoms with Crippen LogP contribution in [-0.4, -0.2) is 18.1 Å². The van der Waals surface area contributed by atoms with Crippen molar-refractivity contribution in [1.82, 2.24) is 4.98 Å². The minimum atomic E-state index is -0.403. The fourth-order valence-electron chi connectivity index (χ4n) is 1.62. The van der Waals surface area contributed by atoms with Crippen LogP contribution >= 0.6 is 0 Å². The zero-order valence-corrected chi connectivity index (χ0v) is 11.4. The van der Waals surface area contributed by atoms with E-state index < -0.39 is 5.97 Å². The van der Waals surface area contributed by atoms with Crippen molar-refractivity contribution in [3.63, 3.8) is 0 Å². The summed E-state index contributed by atoms with van der Waals surface area (Å²) in [5.41, 5.74) is 2.29. The van der Waals surface area contributed by atoms with Crippen LogP contribution in [0.4, 0.5) is 0 Å². The minimum absolute atomic E-state index is 0.403. The van der Waals surface area contributed by atoms with Gasteiger partial charge in [-0.2, -0.15) is 0 Å². The van der Waals surface area contributed by atoms with Crippen LogP contribution in [0.25, 0.3) is 5.57 Å². The number of aromatic nitrogens is 1. The summed E-state index contributed by atoms with van der Waals surface area (Å²) in [6.07, 6.45) is 4.55. The van der Waals surface area contributed by atoms with Crippen LogP contribution in [0.2, 0.25) is 0 Å². The number of esters is 1. The number of methoxy groups -OCH3 is 1. The Labute approximate surface area is 117 Å². The molecule has 0 spiro atoms. The van der Waals surface area contributed by atoms with Crippen LogP contribution in [0.1, 0.15) is 22.8 Å². The van der Waals surface area contributed by atoms with Crippen molar-refractivity contribution < 1.29 is 14.3 Å². The number of pyridine rings is 1. The molecule has 0 aliphatic rings. The molecule has 20 heavy (non-hydrogen) atoms. The summed E-state index contributed by atoms with van der Waals surface area (Å²) in [5.74, 6) is 0.385. The topological polar surface area (TPSA) is 48.4 Å². The number of rotatable bonds is 4. The van der Waals surface area contributed by atoms with Crippen LogP contribution in [-0.2, 0) is 4.74 Å². The van der Waals surface area contributed by atoms with Gasteiger partial charge in [0.2, 0.25) is 0 Å². The first-order valence-corrected chi connectivity index (χ1v) is 6.13. The molecule has 0 N–H and O–H groups in total. The van der Waals surface area contributed by atoms with Gasteiger partial charge in [0, 0.05) is 12.4 Å². The molecule has 0 fully saturated rings. The molecule has 1 aromatic carbocycles. The standard InChI is InChI=1S/C16H15NO3/c1-12(13-3-5-15(19-2)6-4-13)11-20-16(18)14-7-9-17-10-8-14/h3-11H,1-2H3/b12-11+. The molecular formula is C16H15NO3. The number of benzene rings is 1. The maximum Gasteiger partial charge on any atom is 0.343 e. The second-order valence-electron chi connectivity index (χ2n) is 4.17. The number of ether oxygens (including phenoxy) is 2. The average Bonchev–Trinajstić information content (AvgIpc) is 2.53. The molecular weight excluding hydrogens is 254 g/mol. The van der Waals surface area contributed by atoms with E-state index >= 15 is 0 Å². The maximum atomic E-state index is 11.8. The van der Waals surface area contributed by atoms with Gasteiger partial charge >= 0.3 is 5.97 Å². The Hall–Kier alpha value is -2.62. The second kappa shape index (κ2) is 6.52. The SMILES string of the molecule is COc1ccc(/C(C)=C/OC(=O)c2ccncc2)cc1. The lowest BCUT2D eigenvalue weighted by Gasteiger charge is -2.04. The van der Waals surface area contributed by atoms with Crippen molar-refractivity contribution in [2.24, 2.45) is 0 Å². The Morgan fingerprint density at radius 1 is 1.05 bits per heavy atom. The van der Waals surface area contributed by atoms with Gasteiger partial charge in [0.15, 0.2) is 0 Å². The van der Waals surface area contributed by atoms with E-state index in [-0.39, 0.29) is 0 Å². The number of carbonyl (C=O) groups excluding carboxylic acids is 1. The third kappa shape index (κ3) is 3.45. The van der Waals surface area contributed by atoms with Crippen molar-refractivity contribution in [2.45, 2.75) is 6.92 Å². The Kier molecular flexibility index (Phi) is 4.50. The molecule has 2 rings (SSSR count). The third-order valence-corrected chi connectivity index (χ3v) is 2.80. The Morgan fingerprint density at radius 2 is 1.70 bits per heavy atom. The number of allylic oxidation sites excluding steroid dienone is 1. The number of nitrogens with zero attached hydrogens (tertiary/aromatic N) is 1. The summed E-state index contributed by atoms with van der Waals surface area (Å²) in [5, 5.41) is 0. The van der Waals surface area contributed by atoms with Crippen LogP contribution in [0.3, 0.4) is 0 Å². The molecule has 4 heteroatoms. The molecule has 0 atom stereocenters. The van der Waals surface area contributed by atoms with Crippen LogP contribution < -0.4 is 4.74 Å². The van der Waals surface area contributed by atoms with E-state index in [1.165, 1.54) is 6.26 Å². The Morgan fingerprint density at radius 3 is 2.30 bits per heavy atom. The first-order valence-electron chi connectivity index (χ1n) is 6.13. The Balaban J connectivity index is 2.05. The highest BCUT2D eigenvalue weighted by Crippen LogP contribution is 2.18. The summed E-state index contributed by atoms with van der Waals surface area (Å²) in [6, 6.07) is 10.8. The lowest BCUT2D eigenvalue weighted by Crippen LogP contribution is -2.00. The van der Waals surface area contributed by atoms with E-state index in [9.17, 15) is 4.79 Å². The van der Waals surface area contributed by atoms with Gasteiger partial charge in [-0.15, -0.1) is 0 Å².